The van der Waals surface area contributed by atoms with Gasteiger partial charge in [0.25, 0.3) is 0 Å². The van der Waals surface area contributed by atoms with E-state index in [9.17, 15) is 19.2 Å². The van der Waals surface area contributed by atoms with Gasteiger partial charge in [0.1, 0.15) is 11.2 Å². The maximum Gasteiger partial charge on any atom is 0.444 e. The molecule has 10 nitrogen and oxygen atoms in total. The third kappa shape index (κ3) is 5.45. The number of carbonyl (C=O) groups is 4. The molecule has 6 aliphatic carbocycles. The lowest BCUT2D eigenvalue weighted by Crippen LogP contribution is -2.63. The zero-order valence-corrected chi connectivity index (χ0v) is 23.9. The molecule has 0 saturated heterocycles. The Kier molecular flexibility index (Phi) is 6.97. The van der Waals surface area contributed by atoms with Crippen LogP contribution in [0.2, 0.25) is 0 Å². The zero-order chi connectivity index (χ0) is 28.2. The monoisotopic (exact) mass is 535 g/mol. The summed E-state index contributed by atoms with van der Waals surface area (Å²) in [5, 5.41) is 4.27. The van der Waals surface area contributed by atoms with Gasteiger partial charge in [-0.3, -0.25) is 4.79 Å². The van der Waals surface area contributed by atoms with Gasteiger partial charge < -0.3 is 25.4 Å². The van der Waals surface area contributed by atoms with E-state index in [4.69, 9.17) is 20.0 Å². The molecule has 0 aromatic carbocycles. The lowest BCUT2D eigenvalue weighted by Gasteiger charge is -2.55. The highest BCUT2D eigenvalue weighted by Crippen LogP contribution is 2.56. The smallest absolute Gasteiger partial charge is 0.444 e. The Labute approximate surface area is 225 Å². The van der Waals surface area contributed by atoms with Crippen LogP contribution in [-0.2, 0) is 23.9 Å². The summed E-state index contributed by atoms with van der Waals surface area (Å²) in [5.74, 6) is -0.709. The molecule has 0 heterocycles. The summed E-state index contributed by atoms with van der Waals surface area (Å²) >= 11 is 0. The van der Waals surface area contributed by atoms with Crippen molar-refractivity contribution in [1.29, 1.82) is 0 Å². The topological polar surface area (TPSA) is 137 Å². The lowest BCUT2D eigenvalue weighted by molar-refractivity contribution is -0.240. The molecule has 3 N–H and O–H groups in total. The second-order valence-corrected chi connectivity index (χ2v) is 14.2. The molecule has 0 aliphatic heterocycles. The predicted octanol–water partition coefficient (Wildman–Crippen LogP) is 4.88. The van der Waals surface area contributed by atoms with Gasteiger partial charge in [0.15, 0.2) is 0 Å². The molecule has 6 fully saturated rings. The van der Waals surface area contributed by atoms with Crippen LogP contribution in [0.1, 0.15) is 119 Å². The third-order valence-electron chi connectivity index (χ3n) is 9.34. The van der Waals surface area contributed by atoms with E-state index in [1.165, 1.54) is 5.06 Å². The standard InChI is InChI=1S/C28H45N3O7/c1-23(2,3)36-21(34)30-27-13-7-26(8-14-27,9-15-27)20(33)38-31(22(35)37-24(4,5)6)28-16-10-25(11-17-28,12-18-28)19(29)32/h7-18H2,1-6H3,(H2,29,32)(H,30,34). The first kappa shape index (κ1) is 28.5. The Balaban J connectivity index is 1.48. The number of amides is 3. The number of primary amides is 1. The van der Waals surface area contributed by atoms with Crippen molar-refractivity contribution >= 4 is 24.1 Å². The van der Waals surface area contributed by atoms with Gasteiger partial charge in [-0.2, -0.15) is 0 Å². The SMILES string of the molecule is CC(C)(C)OC(=O)NC12CCC(C(=O)ON(C(=O)OC(C)(C)C)C34CCC(C(N)=O)(CC3)CC4)(CC1)CC2. The van der Waals surface area contributed by atoms with Gasteiger partial charge in [-0.1, -0.05) is 0 Å². The van der Waals surface area contributed by atoms with Gasteiger partial charge in [-0.15, -0.1) is 5.06 Å². The molecular weight excluding hydrogens is 490 g/mol. The van der Waals surface area contributed by atoms with Crippen LogP contribution >= 0.6 is 0 Å². The van der Waals surface area contributed by atoms with Crippen molar-refractivity contribution < 1.29 is 33.5 Å². The average Bonchev–Trinajstić information content (AvgIpc) is 2.82. The highest BCUT2D eigenvalue weighted by molar-refractivity contribution is 5.82. The maximum atomic E-state index is 13.8. The number of alkyl carbamates (subject to hydrolysis) is 1. The molecule has 0 atom stereocenters. The average molecular weight is 536 g/mol. The highest BCUT2D eigenvalue weighted by atomic mass is 16.8. The van der Waals surface area contributed by atoms with Crippen LogP contribution in [0, 0.1) is 10.8 Å². The van der Waals surface area contributed by atoms with Crippen molar-refractivity contribution in [3.05, 3.63) is 0 Å². The van der Waals surface area contributed by atoms with Gasteiger partial charge in [0.2, 0.25) is 5.91 Å². The summed E-state index contributed by atoms with van der Waals surface area (Å²) in [6, 6.07) is 0. The number of nitrogens with one attached hydrogen (secondary N) is 1. The molecule has 0 radical (unpaired) electrons. The number of rotatable bonds is 4. The molecule has 6 saturated carbocycles. The number of hydrogen-bond donors (Lipinski definition) is 2. The first-order valence-electron chi connectivity index (χ1n) is 14.0. The summed E-state index contributed by atoms with van der Waals surface area (Å²) in [4.78, 5) is 57.9. The van der Waals surface area contributed by atoms with Crippen molar-refractivity contribution in [3.8, 4) is 0 Å². The van der Waals surface area contributed by atoms with Gasteiger partial charge in [-0.25, -0.2) is 14.4 Å². The van der Waals surface area contributed by atoms with Crippen LogP contribution < -0.4 is 11.1 Å². The summed E-state index contributed by atoms with van der Waals surface area (Å²) in [5.41, 5.74) is 2.02. The second-order valence-electron chi connectivity index (χ2n) is 14.2. The van der Waals surface area contributed by atoms with E-state index < -0.39 is 51.3 Å². The first-order valence-corrected chi connectivity index (χ1v) is 14.0. The van der Waals surface area contributed by atoms with E-state index in [2.05, 4.69) is 5.32 Å². The van der Waals surface area contributed by atoms with Crippen molar-refractivity contribution in [1.82, 2.24) is 10.4 Å². The lowest BCUT2D eigenvalue weighted by atomic mass is 9.56. The first-order chi connectivity index (χ1) is 17.4. The largest absolute Gasteiger partial charge is 0.444 e. The molecule has 0 unspecified atom stereocenters. The number of hydrogen-bond acceptors (Lipinski definition) is 7. The van der Waals surface area contributed by atoms with Crippen molar-refractivity contribution in [3.63, 3.8) is 0 Å². The van der Waals surface area contributed by atoms with Gasteiger partial charge in [0.05, 0.1) is 11.0 Å². The molecule has 10 heteroatoms. The van der Waals surface area contributed by atoms with E-state index in [0.717, 1.165) is 0 Å². The van der Waals surface area contributed by atoms with Crippen LogP contribution in [0.3, 0.4) is 0 Å². The quantitative estimate of drug-likeness (QED) is 0.490. The van der Waals surface area contributed by atoms with Crippen LogP contribution in [0.4, 0.5) is 9.59 Å². The number of nitrogens with two attached hydrogens (primary N) is 1. The number of hydroxylamine groups is 2. The molecule has 0 aromatic rings. The van der Waals surface area contributed by atoms with Gasteiger partial charge in [-0.05, 0) is 119 Å². The minimum Gasteiger partial charge on any atom is -0.444 e. The molecule has 38 heavy (non-hydrogen) atoms. The van der Waals surface area contributed by atoms with Crippen LogP contribution in [-0.4, -0.2) is 51.4 Å². The normalized spacial score (nSPS) is 34.3. The van der Waals surface area contributed by atoms with Crippen LogP contribution in [0.25, 0.3) is 0 Å². The molecule has 0 spiro atoms. The van der Waals surface area contributed by atoms with E-state index in [-0.39, 0.29) is 5.91 Å². The molecule has 6 aliphatic rings. The molecule has 3 amide bonds. The molecule has 4 bridgehead atoms. The van der Waals surface area contributed by atoms with Gasteiger partial charge >= 0.3 is 18.2 Å². The maximum absolute atomic E-state index is 13.8. The Bertz CT molecular complexity index is 944. The van der Waals surface area contributed by atoms with Crippen LogP contribution in [0.5, 0.6) is 0 Å². The molecule has 0 aromatic heterocycles. The van der Waals surface area contributed by atoms with E-state index >= 15 is 0 Å². The number of fused-ring (bicyclic) bond motifs is 6. The number of carbonyl (C=O) groups excluding carboxylic acids is 4. The summed E-state index contributed by atoms with van der Waals surface area (Å²) in [7, 11) is 0. The Morgan fingerprint density at radius 3 is 1.55 bits per heavy atom. The fourth-order valence-corrected chi connectivity index (χ4v) is 6.85. The summed E-state index contributed by atoms with van der Waals surface area (Å²) in [6.07, 6.45) is 5.73. The summed E-state index contributed by atoms with van der Waals surface area (Å²) in [6.45, 7) is 10.8. The fraction of sp³-hybridized carbons (Fsp3) is 0.857. The predicted molar refractivity (Wildman–Crippen MR) is 138 cm³/mol. The van der Waals surface area contributed by atoms with Crippen molar-refractivity contribution in [2.75, 3.05) is 0 Å². The summed E-state index contributed by atoms with van der Waals surface area (Å²) < 4.78 is 11.2. The molecule has 214 valence electrons. The van der Waals surface area contributed by atoms with Crippen molar-refractivity contribution in [2.45, 2.75) is 141 Å². The van der Waals surface area contributed by atoms with E-state index in [1.54, 1.807) is 20.8 Å². The molecule has 6 rings (SSSR count). The van der Waals surface area contributed by atoms with Crippen LogP contribution in [0.15, 0.2) is 0 Å². The minimum absolute atomic E-state index is 0.293. The third-order valence-corrected chi connectivity index (χ3v) is 9.34. The Morgan fingerprint density at radius 1 is 0.684 bits per heavy atom. The number of nitrogens with zero attached hydrogens (tertiary/aromatic N) is 1. The Morgan fingerprint density at radius 2 is 1.13 bits per heavy atom. The Hall–Kier alpha value is -2.52. The van der Waals surface area contributed by atoms with Gasteiger partial charge in [0, 0.05) is 11.0 Å². The number of ether oxygens (including phenoxy) is 2. The highest BCUT2D eigenvalue weighted by Gasteiger charge is 2.59. The van der Waals surface area contributed by atoms with Crippen molar-refractivity contribution in [2.24, 2.45) is 16.6 Å². The minimum atomic E-state index is -0.764. The zero-order valence-electron chi connectivity index (χ0n) is 23.9. The molecular formula is C28H45N3O7. The fourth-order valence-electron chi connectivity index (χ4n) is 6.85. The van der Waals surface area contributed by atoms with E-state index in [1.807, 2.05) is 20.8 Å². The van der Waals surface area contributed by atoms with E-state index in [0.29, 0.717) is 77.0 Å². The second kappa shape index (κ2) is 9.30.